The third-order valence-corrected chi connectivity index (χ3v) is 8.23. The van der Waals surface area contributed by atoms with Crippen molar-refractivity contribution in [2.24, 2.45) is 11.8 Å². The number of likely N-dealkylation sites (tertiary alicyclic amines) is 2. The van der Waals surface area contributed by atoms with Crippen LogP contribution in [-0.4, -0.2) is 53.3 Å². The number of benzene rings is 2. The molecule has 0 N–H and O–H groups in total. The molecule has 2 aliphatic rings. The third-order valence-electron chi connectivity index (χ3n) is 8.23. The SMILES string of the molecule is CC(=O)N1CC2CCN(C(=O)N(C)C(C)c3ccc(C(F)(F)F)cc3C(F)(F)F)[C@@H](c3ccc(F)cc3C)[C@@H]2C1. The number of hydrogen-bond donors (Lipinski definition) is 0. The number of aryl methyl sites for hydroxylation is 1. The van der Waals surface area contributed by atoms with Gasteiger partial charge in [-0.2, -0.15) is 26.3 Å². The molecule has 2 saturated heterocycles. The van der Waals surface area contributed by atoms with E-state index in [2.05, 4.69) is 0 Å². The molecular formula is C28H30F7N3O2. The molecule has 0 aliphatic carbocycles. The molecule has 0 saturated carbocycles. The first-order chi connectivity index (χ1) is 18.5. The lowest BCUT2D eigenvalue weighted by Crippen LogP contribution is -2.51. The highest BCUT2D eigenvalue weighted by Gasteiger charge is 2.48. The Balaban J connectivity index is 1.71. The fourth-order valence-corrected chi connectivity index (χ4v) is 6.00. The fraction of sp³-hybridized carbons (Fsp3) is 0.500. The zero-order valence-electron chi connectivity index (χ0n) is 22.4. The molecule has 0 radical (unpaired) electrons. The lowest BCUT2D eigenvalue weighted by atomic mass is 9.78. The average molecular weight is 574 g/mol. The molecule has 5 nitrogen and oxygen atoms in total. The molecule has 0 spiro atoms. The van der Waals surface area contributed by atoms with E-state index < -0.39 is 53.0 Å². The maximum atomic E-state index is 14.0. The van der Waals surface area contributed by atoms with Crippen molar-refractivity contribution in [1.82, 2.24) is 14.7 Å². The lowest BCUT2D eigenvalue weighted by molar-refractivity contribution is -0.143. The summed E-state index contributed by atoms with van der Waals surface area (Å²) in [5, 5.41) is 0. The average Bonchev–Trinajstić information content (AvgIpc) is 3.31. The van der Waals surface area contributed by atoms with Crippen molar-refractivity contribution in [3.63, 3.8) is 0 Å². The number of urea groups is 1. The molecule has 0 bridgehead atoms. The maximum Gasteiger partial charge on any atom is 0.416 e. The van der Waals surface area contributed by atoms with Gasteiger partial charge in [-0.1, -0.05) is 12.1 Å². The molecule has 2 unspecified atom stereocenters. The van der Waals surface area contributed by atoms with Crippen molar-refractivity contribution < 1.29 is 40.3 Å². The Bertz CT molecular complexity index is 1290. The third kappa shape index (κ3) is 5.62. The highest BCUT2D eigenvalue weighted by Crippen LogP contribution is 2.46. The van der Waals surface area contributed by atoms with E-state index in [1.165, 1.54) is 37.9 Å². The number of carbonyl (C=O) groups is 2. The van der Waals surface area contributed by atoms with Gasteiger partial charge in [0.1, 0.15) is 5.82 Å². The van der Waals surface area contributed by atoms with Crippen molar-refractivity contribution in [2.75, 3.05) is 26.7 Å². The second kappa shape index (κ2) is 10.6. The molecular weight excluding hydrogens is 543 g/mol. The summed E-state index contributed by atoms with van der Waals surface area (Å²) in [6.45, 7) is 5.59. The molecule has 12 heteroatoms. The van der Waals surface area contributed by atoms with Crippen molar-refractivity contribution in [3.05, 3.63) is 70.0 Å². The number of hydrogen-bond acceptors (Lipinski definition) is 2. The summed E-state index contributed by atoms with van der Waals surface area (Å²) >= 11 is 0. The first kappa shape index (κ1) is 29.7. The van der Waals surface area contributed by atoms with Crippen LogP contribution in [-0.2, 0) is 17.1 Å². The van der Waals surface area contributed by atoms with Crippen LogP contribution in [0.3, 0.4) is 0 Å². The van der Waals surface area contributed by atoms with Gasteiger partial charge >= 0.3 is 18.4 Å². The largest absolute Gasteiger partial charge is 0.416 e. The second-order valence-corrected chi connectivity index (χ2v) is 10.6. The Morgan fingerprint density at radius 3 is 2.25 bits per heavy atom. The van der Waals surface area contributed by atoms with Crippen LogP contribution >= 0.6 is 0 Å². The van der Waals surface area contributed by atoms with Gasteiger partial charge < -0.3 is 14.7 Å². The topological polar surface area (TPSA) is 43.9 Å². The number of halogens is 7. The van der Waals surface area contributed by atoms with Crippen LogP contribution in [0, 0.1) is 24.6 Å². The first-order valence-corrected chi connectivity index (χ1v) is 12.8. The van der Waals surface area contributed by atoms with Crippen LogP contribution < -0.4 is 0 Å². The number of rotatable bonds is 3. The van der Waals surface area contributed by atoms with Gasteiger partial charge in [0.25, 0.3) is 0 Å². The lowest BCUT2D eigenvalue weighted by Gasteiger charge is -2.45. The van der Waals surface area contributed by atoms with E-state index in [9.17, 15) is 40.3 Å². The molecule has 218 valence electrons. The fourth-order valence-electron chi connectivity index (χ4n) is 6.00. The van der Waals surface area contributed by atoms with Gasteiger partial charge in [-0.25, -0.2) is 9.18 Å². The second-order valence-electron chi connectivity index (χ2n) is 10.6. The molecule has 2 aliphatic heterocycles. The van der Waals surface area contributed by atoms with Crippen molar-refractivity contribution in [1.29, 1.82) is 0 Å². The number of carbonyl (C=O) groups excluding carboxylic acids is 2. The summed E-state index contributed by atoms with van der Waals surface area (Å²) in [4.78, 5) is 30.3. The van der Waals surface area contributed by atoms with Gasteiger partial charge in [-0.05, 0) is 67.1 Å². The zero-order valence-corrected chi connectivity index (χ0v) is 22.4. The van der Waals surface area contributed by atoms with Gasteiger partial charge in [0, 0.05) is 39.5 Å². The Morgan fingerprint density at radius 2 is 1.68 bits per heavy atom. The minimum absolute atomic E-state index is 0.0647. The van der Waals surface area contributed by atoms with Crippen LogP contribution in [0.15, 0.2) is 36.4 Å². The monoisotopic (exact) mass is 573 g/mol. The van der Waals surface area contributed by atoms with Crippen LogP contribution in [0.1, 0.15) is 60.2 Å². The highest BCUT2D eigenvalue weighted by molar-refractivity contribution is 5.76. The Hall–Kier alpha value is -3.31. The molecule has 0 aromatic heterocycles. The number of piperidine rings is 1. The predicted octanol–water partition coefficient (Wildman–Crippen LogP) is 6.83. The normalized spacial score (nSPS) is 22.2. The summed E-state index contributed by atoms with van der Waals surface area (Å²) in [5.74, 6) is -0.700. The number of fused-ring (bicyclic) bond motifs is 1. The first-order valence-electron chi connectivity index (χ1n) is 12.8. The van der Waals surface area contributed by atoms with E-state index in [1.54, 1.807) is 17.9 Å². The molecule has 4 rings (SSSR count). The Kier molecular flexibility index (Phi) is 7.85. The maximum absolute atomic E-state index is 14.0. The van der Waals surface area contributed by atoms with Gasteiger partial charge in [-0.15, -0.1) is 0 Å². The van der Waals surface area contributed by atoms with Gasteiger partial charge in [-0.3, -0.25) is 4.79 Å². The van der Waals surface area contributed by atoms with Gasteiger partial charge in [0.15, 0.2) is 0 Å². The molecule has 3 amide bonds. The number of nitrogens with zero attached hydrogens (tertiary/aromatic N) is 3. The van der Waals surface area contributed by atoms with E-state index in [0.29, 0.717) is 36.7 Å². The molecule has 4 atom stereocenters. The van der Waals surface area contributed by atoms with Crippen LogP contribution in [0.5, 0.6) is 0 Å². The Labute approximate surface area is 227 Å². The molecule has 40 heavy (non-hydrogen) atoms. The highest BCUT2D eigenvalue weighted by atomic mass is 19.4. The van der Waals surface area contributed by atoms with E-state index in [1.807, 2.05) is 0 Å². The predicted molar refractivity (Wildman–Crippen MR) is 132 cm³/mol. The minimum atomic E-state index is -5.08. The summed E-state index contributed by atoms with van der Waals surface area (Å²) in [6, 6.07) is 3.16. The smallest absolute Gasteiger partial charge is 0.342 e. The van der Waals surface area contributed by atoms with E-state index in [4.69, 9.17) is 0 Å². The minimum Gasteiger partial charge on any atom is -0.342 e. The summed E-state index contributed by atoms with van der Waals surface area (Å²) in [5.41, 5.74) is -2.12. The van der Waals surface area contributed by atoms with Gasteiger partial charge in [0.05, 0.1) is 23.2 Å². The Morgan fingerprint density at radius 1 is 1.00 bits per heavy atom. The standard InChI is InChI=1S/C28H30F7N3O2/c1-15-11-20(29)6-8-21(15)25-23-14-37(17(3)39)13-18(23)9-10-38(25)26(40)36(4)16(2)22-7-5-19(27(30,31)32)12-24(22)28(33,34)35/h5-8,11-12,16,18,23,25H,9-10,13-14H2,1-4H3/t16?,18?,23-,25+/m1/s1. The van der Waals surface area contributed by atoms with E-state index >= 15 is 0 Å². The molecule has 2 fully saturated rings. The van der Waals surface area contributed by atoms with E-state index in [0.717, 1.165) is 11.0 Å². The number of amides is 3. The quantitative estimate of drug-likeness (QED) is 0.378. The van der Waals surface area contributed by atoms with Crippen molar-refractivity contribution in [2.45, 2.75) is 51.6 Å². The zero-order chi connectivity index (χ0) is 29.7. The summed E-state index contributed by atoms with van der Waals surface area (Å²) < 4.78 is 95.1. The van der Waals surface area contributed by atoms with Crippen LogP contribution in [0.4, 0.5) is 35.5 Å². The molecule has 2 aromatic rings. The van der Waals surface area contributed by atoms with Crippen LogP contribution in [0.25, 0.3) is 0 Å². The molecule has 2 heterocycles. The van der Waals surface area contributed by atoms with Crippen molar-refractivity contribution >= 4 is 11.9 Å². The van der Waals surface area contributed by atoms with Crippen molar-refractivity contribution in [3.8, 4) is 0 Å². The summed E-state index contributed by atoms with van der Waals surface area (Å²) in [7, 11) is 1.31. The van der Waals surface area contributed by atoms with Gasteiger partial charge in [0.2, 0.25) is 5.91 Å². The molecule has 2 aromatic carbocycles. The number of alkyl halides is 6. The van der Waals surface area contributed by atoms with E-state index in [-0.39, 0.29) is 30.4 Å². The van der Waals surface area contributed by atoms with Crippen LogP contribution in [0.2, 0.25) is 0 Å². The summed E-state index contributed by atoms with van der Waals surface area (Å²) in [6.07, 6.45) is -9.50.